The number of carbonyl (C=O) groups excluding carboxylic acids is 1. The molecule has 0 radical (unpaired) electrons. The number of sulfone groups is 1. The Morgan fingerprint density at radius 2 is 2.08 bits per heavy atom. The Balaban J connectivity index is 1.52. The van der Waals surface area contributed by atoms with Gasteiger partial charge in [-0.1, -0.05) is 0 Å². The molecule has 0 saturated carbocycles. The zero-order valence-electron chi connectivity index (χ0n) is 13.0. The molecule has 1 atom stereocenters. The van der Waals surface area contributed by atoms with Gasteiger partial charge >= 0.3 is 0 Å². The Labute approximate surface area is 139 Å². The summed E-state index contributed by atoms with van der Waals surface area (Å²) in [6, 6.07) is 6.63. The summed E-state index contributed by atoms with van der Waals surface area (Å²) in [6.45, 7) is 0.221. The summed E-state index contributed by atoms with van der Waals surface area (Å²) in [7, 11) is -2.90. The molecule has 4 N–H and O–H groups in total. The standard InChI is InChI=1S/C15H19N5O3S/c16-12-3-1-11(2-4-12)15(21)17-8-14-18-13(19-20-14)7-10-5-6-24(22,23)9-10/h1-4,10H,5-9,16H2,(H,17,21)(H,18,19,20). The molecule has 3 rings (SSSR count). The van der Waals surface area contributed by atoms with Crippen LogP contribution in [-0.4, -0.2) is 41.0 Å². The molecule has 128 valence electrons. The molecule has 2 aromatic rings. The minimum Gasteiger partial charge on any atom is -0.399 e. The zero-order chi connectivity index (χ0) is 17.2. The van der Waals surface area contributed by atoms with Crippen molar-refractivity contribution in [3.8, 4) is 0 Å². The third kappa shape index (κ3) is 4.10. The van der Waals surface area contributed by atoms with Crippen molar-refractivity contribution in [2.75, 3.05) is 17.2 Å². The highest BCUT2D eigenvalue weighted by molar-refractivity contribution is 7.91. The van der Waals surface area contributed by atoms with E-state index in [0.29, 0.717) is 35.7 Å². The number of nitrogens with two attached hydrogens (primary N) is 1. The third-order valence-electron chi connectivity index (χ3n) is 3.97. The van der Waals surface area contributed by atoms with Gasteiger partial charge in [-0.05, 0) is 36.6 Å². The second-order valence-corrected chi connectivity index (χ2v) is 8.20. The molecule has 0 bridgehead atoms. The van der Waals surface area contributed by atoms with Crippen LogP contribution in [0.2, 0.25) is 0 Å². The van der Waals surface area contributed by atoms with Gasteiger partial charge < -0.3 is 11.1 Å². The normalized spacial score (nSPS) is 19.2. The van der Waals surface area contributed by atoms with Crippen molar-refractivity contribution in [2.24, 2.45) is 5.92 Å². The molecule has 1 aliphatic rings. The van der Waals surface area contributed by atoms with Gasteiger partial charge in [0.1, 0.15) is 5.82 Å². The summed E-state index contributed by atoms with van der Waals surface area (Å²) in [5.41, 5.74) is 6.70. The summed E-state index contributed by atoms with van der Waals surface area (Å²) >= 11 is 0. The van der Waals surface area contributed by atoms with Crippen LogP contribution in [0.4, 0.5) is 5.69 Å². The van der Waals surface area contributed by atoms with E-state index in [0.717, 1.165) is 0 Å². The number of carbonyl (C=O) groups is 1. The van der Waals surface area contributed by atoms with Gasteiger partial charge in [0.05, 0.1) is 18.1 Å². The predicted molar refractivity (Wildman–Crippen MR) is 88.9 cm³/mol. The third-order valence-corrected chi connectivity index (χ3v) is 5.80. The molecule has 0 aliphatic carbocycles. The SMILES string of the molecule is Nc1ccc(C(=O)NCc2nc(CC3CCS(=O)(=O)C3)n[nH]2)cc1. The van der Waals surface area contributed by atoms with Gasteiger partial charge in [0.2, 0.25) is 0 Å². The minimum atomic E-state index is -2.90. The lowest BCUT2D eigenvalue weighted by Gasteiger charge is -2.03. The number of H-pyrrole nitrogens is 1. The van der Waals surface area contributed by atoms with Gasteiger partial charge in [-0.25, -0.2) is 13.4 Å². The fourth-order valence-electron chi connectivity index (χ4n) is 2.70. The first kappa shape index (κ1) is 16.4. The van der Waals surface area contributed by atoms with E-state index < -0.39 is 9.84 Å². The van der Waals surface area contributed by atoms with Crippen LogP contribution < -0.4 is 11.1 Å². The van der Waals surface area contributed by atoms with E-state index in [1.165, 1.54) is 0 Å². The van der Waals surface area contributed by atoms with Gasteiger partial charge in [-0.15, -0.1) is 0 Å². The van der Waals surface area contributed by atoms with Crippen LogP contribution in [-0.2, 0) is 22.8 Å². The van der Waals surface area contributed by atoms with Crippen molar-refractivity contribution >= 4 is 21.4 Å². The highest BCUT2D eigenvalue weighted by Gasteiger charge is 2.28. The van der Waals surface area contributed by atoms with E-state index in [-0.39, 0.29) is 29.9 Å². The Kier molecular flexibility index (Phi) is 4.52. The van der Waals surface area contributed by atoms with Gasteiger partial charge in [0.25, 0.3) is 5.91 Å². The molecule has 0 spiro atoms. The number of nitrogen functional groups attached to an aromatic ring is 1. The lowest BCUT2D eigenvalue weighted by molar-refractivity contribution is 0.0950. The Morgan fingerprint density at radius 1 is 1.33 bits per heavy atom. The number of nitrogens with one attached hydrogen (secondary N) is 2. The van der Waals surface area contributed by atoms with Crippen molar-refractivity contribution in [1.29, 1.82) is 0 Å². The average molecular weight is 349 g/mol. The van der Waals surface area contributed by atoms with Gasteiger partial charge in [0.15, 0.2) is 15.7 Å². The maximum atomic E-state index is 12.0. The molecular formula is C15H19N5O3S. The number of nitrogens with zero attached hydrogens (tertiary/aromatic N) is 2. The lowest BCUT2D eigenvalue weighted by atomic mass is 10.1. The van der Waals surface area contributed by atoms with Crippen molar-refractivity contribution in [3.63, 3.8) is 0 Å². The van der Waals surface area contributed by atoms with Crippen LogP contribution in [0.1, 0.15) is 28.4 Å². The molecule has 2 heterocycles. The maximum absolute atomic E-state index is 12.0. The molecule has 1 aromatic heterocycles. The first-order valence-corrected chi connectivity index (χ1v) is 9.48. The number of amides is 1. The molecule has 1 unspecified atom stereocenters. The molecule has 1 fully saturated rings. The molecule has 1 amide bonds. The predicted octanol–water partition coefficient (Wildman–Crippen LogP) is 0.294. The number of benzene rings is 1. The molecule has 8 nitrogen and oxygen atoms in total. The smallest absolute Gasteiger partial charge is 0.251 e. The van der Waals surface area contributed by atoms with E-state index in [2.05, 4.69) is 20.5 Å². The number of anilines is 1. The summed E-state index contributed by atoms with van der Waals surface area (Å²) < 4.78 is 22.9. The number of hydrogen-bond donors (Lipinski definition) is 3. The molecule has 1 aromatic carbocycles. The largest absolute Gasteiger partial charge is 0.399 e. The second-order valence-electron chi connectivity index (χ2n) is 5.98. The number of aromatic nitrogens is 3. The van der Waals surface area contributed by atoms with Crippen LogP contribution in [0.5, 0.6) is 0 Å². The molecular weight excluding hydrogens is 330 g/mol. The van der Waals surface area contributed by atoms with Crippen LogP contribution in [0.25, 0.3) is 0 Å². The highest BCUT2D eigenvalue weighted by Crippen LogP contribution is 2.21. The number of hydrogen-bond acceptors (Lipinski definition) is 6. The monoisotopic (exact) mass is 349 g/mol. The van der Waals surface area contributed by atoms with Crippen LogP contribution >= 0.6 is 0 Å². The fourth-order valence-corrected chi connectivity index (χ4v) is 4.56. The first-order valence-electron chi connectivity index (χ1n) is 7.65. The zero-order valence-corrected chi connectivity index (χ0v) is 13.8. The number of aromatic amines is 1. The molecule has 24 heavy (non-hydrogen) atoms. The summed E-state index contributed by atoms with van der Waals surface area (Å²) in [5, 5.41) is 9.61. The quantitative estimate of drug-likeness (QED) is 0.665. The summed E-state index contributed by atoms with van der Waals surface area (Å²) in [5.74, 6) is 1.40. The Bertz CT molecular complexity index is 829. The first-order chi connectivity index (χ1) is 11.4. The van der Waals surface area contributed by atoms with Gasteiger partial charge in [0, 0.05) is 17.7 Å². The fraction of sp³-hybridized carbons (Fsp3) is 0.400. The Hall–Kier alpha value is -2.42. The van der Waals surface area contributed by atoms with Crippen molar-refractivity contribution in [1.82, 2.24) is 20.5 Å². The van der Waals surface area contributed by atoms with Crippen LogP contribution in [0.3, 0.4) is 0 Å². The van der Waals surface area contributed by atoms with E-state index in [4.69, 9.17) is 5.73 Å². The van der Waals surface area contributed by atoms with E-state index in [1.807, 2.05) is 0 Å². The summed E-state index contributed by atoms with van der Waals surface area (Å²) in [6.07, 6.45) is 1.18. The second kappa shape index (κ2) is 6.60. The van der Waals surface area contributed by atoms with Gasteiger partial charge in [-0.3, -0.25) is 9.89 Å². The Morgan fingerprint density at radius 3 is 2.75 bits per heavy atom. The average Bonchev–Trinajstić information content (AvgIpc) is 3.12. The lowest BCUT2D eigenvalue weighted by Crippen LogP contribution is -2.23. The highest BCUT2D eigenvalue weighted by atomic mass is 32.2. The molecule has 9 heteroatoms. The van der Waals surface area contributed by atoms with Crippen molar-refractivity contribution < 1.29 is 13.2 Å². The van der Waals surface area contributed by atoms with E-state index >= 15 is 0 Å². The van der Waals surface area contributed by atoms with E-state index in [9.17, 15) is 13.2 Å². The van der Waals surface area contributed by atoms with E-state index in [1.54, 1.807) is 24.3 Å². The minimum absolute atomic E-state index is 0.0722. The van der Waals surface area contributed by atoms with Crippen molar-refractivity contribution in [2.45, 2.75) is 19.4 Å². The van der Waals surface area contributed by atoms with Crippen molar-refractivity contribution in [3.05, 3.63) is 41.5 Å². The number of rotatable bonds is 5. The molecule has 1 aliphatic heterocycles. The maximum Gasteiger partial charge on any atom is 0.251 e. The summed E-state index contributed by atoms with van der Waals surface area (Å²) in [4.78, 5) is 16.3. The van der Waals surface area contributed by atoms with Gasteiger partial charge in [-0.2, -0.15) is 5.10 Å². The topological polar surface area (TPSA) is 131 Å². The van der Waals surface area contributed by atoms with Crippen LogP contribution in [0, 0.1) is 5.92 Å². The molecule has 1 saturated heterocycles. The van der Waals surface area contributed by atoms with Crippen LogP contribution in [0.15, 0.2) is 24.3 Å².